The van der Waals surface area contributed by atoms with E-state index in [9.17, 15) is 9.59 Å². The summed E-state index contributed by atoms with van der Waals surface area (Å²) in [6.07, 6.45) is 4.02. The van der Waals surface area contributed by atoms with Gasteiger partial charge in [-0.1, -0.05) is 69.2 Å². The van der Waals surface area contributed by atoms with Crippen molar-refractivity contribution in [2.24, 2.45) is 0 Å². The van der Waals surface area contributed by atoms with Crippen LogP contribution in [0.25, 0.3) is 0 Å². The summed E-state index contributed by atoms with van der Waals surface area (Å²) in [6.45, 7) is 4.76. The Kier molecular flexibility index (Phi) is 8.56. The van der Waals surface area contributed by atoms with Gasteiger partial charge < -0.3 is 9.47 Å². The van der Waals surface area contributed by atoms with E-state index in [1.807, 2.05) is 50.2 Å². The van der Waals surface area contributed by atoms with Gasteiger partial charge in [0.15, 0.2) is 0 Å². The lowest BCUT2D eigenvalue weighted by molar-refractivity contribution is 0.0451. The van der Waals surface area contributed by atoms with Gasteiger partial charge in [0.25, 0.3) is 0 Å². The summed E-state index contributed by atoms with van der Waals surface area (Å²) in [6, 6.07) is 15.2. The molecule has 0 heterocycles. The highest BCUT2D eigenvalue weighted by atomic mass is 16.5. The molecule has 2 rings (SSSR count). The maximum absolute atomic E-state index is 12.8. The monoisotopic (exact) mass is 368 g/mol. The average molecular weight is 368 g/mol. The molecule has 0 aliphatic rings. The minimum atomic E-state index is -0.471. The van der Waals surface area contributed by atoms with Crippen LogP contribution in [0.3, 0.4) is 0 Å². The van der Waals surface area contributed by atoms with E-state index in [0.29, 0.717) is 25.2 Å². The fourth-order valence-electron chi connectivity index (χ4n) is 2.74. The molecule has 27 heavy (non-hydrogen) atoms. The number of carbonyl (C=O) groups excluding carboxylic acids is 2. The summed E-state index contributed by atoms with van der Waals surface area (Å²) in [7, 11) is 0. The lowest BCUT2D eigenvalue weighted by Crippen LogP contribution is -2.17. The molecule has 0 saturated carbocycles. The van der Waals surface area contributed by atoms with Crippen molar-refractivity contribution in [3.8, 4) is 0 Å². The van der Waals surface area contributed by atoms with E-state index in [0.717, 1.165) is 36.8 Å². The van der Waals surface area contributed by atoms with Crippen LogP contribution in [0.2, 0.25) is 0 Å². The average Bonchev–Trinajstić information content (AvgIpc) is 2.69. The lowest BCUT2D eigenvalue weighted by atomic mass is 9.95. The van der Waals surface area contributed by atoms with Crippen LogP contribution in [0, 0.1) is 0 Å². The van der Waals surface area contributed by atoms with Gasteiger partial charge >= 0.3 is 11.9 Å². The highest BCUT2D eigenvalue weighted by Crippen LogP contribution is 2.21. The van der Waals surface area contributed by atoms with E-state index in [1.54, 1.807) is 12.1 Å². The minimum Gasteiger partial charge on any atom is -0.462 e. The normalized spacial score (nSPS) is 10.4. The standard InChI is InChI=1S/C23H28O4/c1-3-5-15-26-22(24)20-14-10-13-19(17-18-11-8-7-9-12-18)21(20)23(25)27-16-6-4-2/h7-14H,3-6,15-17H2,1-2H3. The van der Waals surface area contributed by atoms with E-state index >= 15 is 0 Å². The van der Waals surface area contributed by atoms with Crippen LogP contribution in [-0.4, -0.2) is 25.2 Å². The molecule has 0 radical (unpaired) electrons. The number of carbonyl (C=O) groups is 2. The predicted molar refractivity (Wildman–Crippen MR) is 106 cm³/mol. The molecule has 0 aliphatic carbocycles. The molecule has 2 aromatic rings. The first-order chi connectivity index (χ1) is 13.2. The molecule has 0 amide bonds. The molecule has 0 saturated heterocycles. The fraction of sp³-hybridized carbons (Fsp3) is 0.391. The molecule has 0 aliphatic heterocycles. The molecule has 4 heteroatoms. The fourth-order valence-corrected chi connectivity index (χ4v) is 2.74. The summed E-state index contributed by atoms with van der Waals surface area (Å²) < 4.78 is 10.8. The first-order valence-electron chi connectivity index (χ1n) is 9.67. The topological polar surface area (TPSA) is 52.6 Å². The van der Waals surface area contributed by atoms with Crippen molar-refractivity contribution < 1.29 is 19.1 Å². The van der Waals surface area contributed by atoms with Gasteiger partial charge in [-0.05, 0) is 36.5 Å². The Morgan fingerprint density at radius 1 is 0.778 bits per heavy atom. The zero-order valence-electron chi connectivity index (χ0n) is 16.2. The first-order valence-corrected chi connectivity index (χ1v) is 9.67. The van der Waals surface area contributed by atoms with Gasteiger partial charge in [-0.25, -0.2) is 9.59 Å². The number of hydrogen-bond donors (Lipinski definition) is 0. The largest absolute Gasteiger partial charge is 0.462 e. The van der Waals surface area contributed by atoms with Crippen molar-refractivity contribution >= 4 is 11.9 Å². The van der Waals surface area contributed by atoms with Crippen LogP contribution < -0.4 is 0 Å². The van der Waals surface area contributed by atoms with Gasteiger partial charge in [0.1, 0.15) is 0 Å². The first kappa shape index (κ1) is 20.7. The highest BCUT2D eigenvalue weighted by Gasteiger charge is 2.23. The van der Waals surface area contributed by atoms with Gasteiger partial charge in [-0.3, -0.25) is 0 Å². The van der Waals surface area contributed by atoms with E-state index in [4.69, 9.17) is 9.47 Å². The van der Waals surface area contributed by atoms with Gasteiger partial charge in [0.2, 0.25) is 0 Å². The smallest absolute Gasteiger partial charge is 0.339 e. The molecular formula is C23H28O4. The van der Waals surface area contributed by atoms with E-state index in [-0.39, 0.29) is 5.56 Å². The van der Waals surface area contributed by atoms with Crippen LogP contribution in [0.15, 0.2) is 48.5 Å². The lowest BCUT2D eigenvalue weighted by Gasteiger charge is -2.14. The SMILES string of the molecule is CCCCOC(=O)c1cccc(Cc2ccccc2)c1C(=O)OCCCC. The summed E-state index contributed by atoms with van der Waals surface area (Å²) in [5, 5.41) is 0. The van der Waals surface area contributed by atoms with Crippen LogP contribution in [0.1, 0.15) is 71.4 Å². The molecule has 0 bridgehead atoms. The molecule has 0 atom stereocenters. The molecule has 0 aromatic heterocycles. The van der Waals surface area contributed by atoms with E-state index in [1.165, 1.54) is 0 Å². The molecule has 0 spiro atoms. The Morgan fingerprint density at radius 3 is 2.04 bits per heavy atom. The van der Waals surface area contributed by atoms with Crippen molar-refractivity contribution in [1.29, 1.82) is 0 Å². The van der Waals surface area contributed by atoms with Gasteiger partial charge in [0, 0.05) is 0 Å². The van der Waals surface area contributed by atoms with Gasteiger partial charge in [-0.15, -0.1) is 0 Å². The van der Waals surface area contributed by atoms with Gasteiger partial charge in [-0.2, -0.15) is 0 Å². The second-order valence-corrected chi connectivity index (χ2v) is 6.48. The maximum atomic E-state index is 12.8. The quantitative estimate of drug-likeness (QED) is 0.428. The second-order valence-electron chi connectivity index (χ2n) is 6.48. The minimum absolute atomic E-state index is 0.279. The Morgan fingerprint density at radius 2 is 1.41 bits per heavy atom. The number of benzene rings is 2. The molecule has 0 unspecified atom stereocenters. The number of hydrogen-bond acceptors (Lipinski definition) is 4. The van der Waals surface area contributed by atoms with Crippen molar-refractivity contribution in [2.75, 3.05) is 13.2 Å². The van der Waals surface area contributed by atoms with Crippen molar-refractivity contribution in [1.82, 2.24) is 0 Å². The van der Waals surface area contributed by atoms with Crippen LogP contribution in [0.4, 0.5) is 0 Å². The summed E-state index contributed by atoms with van der Waals surface area (Å²) >= 11 is 0. The molecule has 0 fully saturated rings. The van der Waals surface area contributed by atoms with Gasteiger partial charge in [0.05, 0.1) is 24.3 Å². The van der Waals surface area contributed by atoms with Crippen molar-refractivity contribution in [2.45, 2.75) is 46.0 Å². The third-order valence-corrected chi connectivity index (χ3v) is 4.27. The second kappa shape index (κ2) is 11.2. The Bertz CT molecular complexity index is 737. The molecule has 2 aromatic carbocycles. The molecule has 0 N–H and O–H groups in total. The Balaban J connectivity index is 2.32. The summed E-state index contributed by atoms with van der Waals surface area (Å²) in [5.41, 5.74) is 2.43. The zero-order chi connectivity index (χ0) is 19.5. The summed E-state index contributed by atoms with van der Waals surface area (Å²) in [5.74, 6) is -0.932. The predicted octanol–water partition coefficient (Wildman–Crippen LogP) is 5.19. The highest BCUT2D eigenvalue weighted by molar-refractivity contribution is 6.04. The van der Waals surface area contributed by atoms with Crippen molar-refractivity contribution in [3.05, 3.63) is 70.8 Å². The molecule has 144 valence electrons. The third kappa shape index (κ3) is 6.24. The molecular weight excluding hydrogens is 340 g/mol. The number of esters is 2. The maximum Gasteiger partial charge on any atom is 0.339 e. The Labute approximate surface area is 161 Å². The third-order valence-electron chi connectivity index (χ3n) is 4.27. The van der Waals surface area contributed by atoms with E-state index in [2.05, 4.69) is 0 Å². The molecule has 4 nitrogen and oxygen atoms in total. The van der Waals surface area contributed by atoms with Crippen LogP contribution in [-0.2, 0) is 15.9 Å². The Hall–Kier alpha value is -2.62. The van der Waals surface area contributed by atoms with Crippen LogP contribution in [0.5, 0.6) is 0 Å². The van der Waals surface area contributed by atoms with Crippen molar-refractivity contribution in [3.63, 3.8) is 0 Å². The number of ether oxygens (including phenoxy) is 2. The summed E-state index contributed by atoms with van der Waals surface area (Å²) in [4.78, 5) is 25.3. The number of rotatable bonds is 10. The zero-order valence-corrected chi connectivity index (χ0v) is 16.2. The number of unbranched alkanes of at least 4 members (excludes halogenated alkanes) is 2. The van der Waals surface area contributed by atoms with E-state index < -0.39 is 11.9 Å². The van der Waals surface area contributed by atoms with Crippen LogP contribution >= 0.6 is 0 Å².